The Hall–Kier alpha value is -5.08. The molecule has 39 heavy (non-hydrogen) atoms. The molecule has 7 rings (SSSR count). The first-order chi connectivity index (χ1) is 19.3. The molecule has 2 nitrogen and oxygen atoms in total. The lowest BCUT2D eigenvalue weighted by molar-refractivity contribution is 0.415. The van der Waals surface area contributed by atoms with E-state index in [-0.39, 0.29) is 0 Å². The van der Waals surface area contributed by atoms with Crippen LogP contribution in [-0.4, -0.2) is 7.11 Å². The third kappa shape index (κ3) is 4.17. The molecule has 0 aromatic heterocycles. The van der Waals surface area contributed by atoms with Gasteiger partial charge in [0.15, 0.2) is 0 Å². The summed E-state index contributed by atoms with van der Waals surface area (Å²) in [6, 6.07) is 52.0. The molecular formula is C37H27NO. The topological polar surface area (TPSA) is 12.5 Å². The first-order valence-electron chi connectivity index (χ1n) is 13.2. The van der Waals surface area contributed by atoms with Gasteiger partial charge in [0.25, 0.3) is 0 Å². The molecular weight excluding hydrogens is 474 g/mol. The second-order valence-electron chi connectivity index (χ2n) is 9.81. The van der Waals surface area contributed by atoms with Crippen LogP contribution in [0, 0.1) is 0 Å². The summed E-state index contributed by atoms with van der Waals surface area (Å²) < 4.78 is 5.49. The average Bonchev–Trinajstić information content (AvgIpc) is 3.01. The molecule has 7 aromatic carbocycles. The molecule has 0 fully saturated rings. The Morgan fingerprint density at radius 1 is 0.462 bits per heavy atom. The predicted molar refractivity (Wildman–Crippen MR) is 166 cm³/mol. The van der Waals surface area contributed by atoms with Gasteiger partial charge in [0, 0.05) is 16.9 Å². The average molecular weight is 502 g/mol. The largest absolute Gasteiger partial charge is 0.497 e. The zero-order valence-corrected chi connectivity index (χ0v) is 21.7. The van der Waals surface area contributed by atoms with Crippen molar-refractivity contribution in [3.8, 4) is 16.9 Å². The molecule has 0 unspecified atom stereocenters. The van der Waals surface area contributed by atoms with Crippen LogP contribution in [0.2, 0.25) is 0 Å². The van der Waals surface area contributed by atoms with E-state index >= 15 is 0 Å². The maximum Gasteiger partial charge on any atom is 0.119 e. The van der Waals surface area contributed by atoms with E-state index < -0.39 is 0 Å². The van der Waals surface area contributed by atoms with E-state index in [9.17, 15) is 0 Å². The van der Waals surface area contributed by atoms with Crippen LogP contribution in [0.25, 0.3) is 43.4 Å². The highest BCUT2D eigenvalue weighted by molar-refractivity contribution is 6.07. The molecule has 0 aliphatic heterocycles. The van der Waals surface area contributed by atoms with Crippen LogP contribution < -0.4 is 9.64 Å². The Morgan fingerprint density at radius 2 is 1.03 bits per heavy atom. The number of nitrogens with zero attached hydrogens (tertiary/aromatic N) is 1. The van der Waals surface area contributed by atoms with Crippen LogP contribution >= 0.6 is 0 Å². The number of methoxy groups -OCH3 is 1. The van der Waals surface area contributed by atoms with Gasteiger partial charge in [-0.15, -0.1) is 0 Å². The van der Waals surface area contributed by atoms with Crippen molar-refractivity contribution in [2.75, 3.05) is 12.0 Å². The van der Waals surface area contributed by atoms with E-state index in [1.807, 2.05) is 12.1 Å². The Morgan fingerprint density at radius 3 is 1.74 bits per heavy atom. The van der Waals surface area contributed by atoms with Crippen LogP contribution in [0.3, 0.4) is 0 Å². The van der Waals surface area contributed by atoms with Gasteiger partial charge in [-0.2, -0.15) is 0 Å². The Balaban J connectivity index is 1.53. The molecule has 186 valence electrons. The standard InChI is InChI=1S/C37H27NO/c1-39-34-21-19-32(20-22-34)38(33-18-16-27-9-3-5-12-30(27)25-33)36-23-17-28-10-6-7-13-35(28)37(36)31-15-14-26-8-2-4-11-29(26)24-31/h2-25H,1H3. The third-order valence-corrected chi connectivity index (χ3v) is 7.51. The minimum absolute atomic E-state index is 0.838. The second kappa shape index (κ2) is 9.66. The molecule has 0 radical (unpaired) electrons. The minimum atomic E-state index is 0.838. The maximum atomic E-state index is 5.49. The predicted octanol–water partition coefficient (Wildman–Crippen LogP) is 10.3. The third-order valence-electron chi connectivity index (χ3n) is 7.51. The molecule has 0 bridgehead atoms. The number of anilines is 3. The zero-order valence-electron chi connectivity index (χ0n) is 21.7. The fourth-order valence-electron chi connectivity index (χ4n) is 5.57. The van der Waals surface area contributed by atoms with Crippen LogP contribution in [0.4, 0.5) is 17.1 Å². The monoisotopic (exact) mass is 501 g/mol. The van der Waals surface area contributed by atoms with E-state index in [1.165, 1.54) is 43.4 Å². The van der Waals surface area contributed by atoms with Crippen LogP contribution in [0.15, 0.2) is 146 Å². The van der Waals surface area contributed by atoms with Gasteiger partial charge in [0.1, 0.15) is 5.75 Å². The van der Waals surface area contributed by atoms with Crippen LogP contribution in [-0.2, 0) is 0 Å². The first kappa shape index (κ1) is 23.1. The van der Waals surface area contributed by atoms with Gasteiger partial charge in [0.05, 0.1) is 12.8 Å². The van der Waals surface area contributed by atoms with E-state index in [1.54, 1.807) is 7.11 Å². The molecule has 0 heterocycles. The summed E-state index contributed by atoms with van der Waals surface area (Å²) in [5.74, 6) is 0.838. The number of benzene rings is 7. The molecule has 0 N–H and O–H groups in total. The number of ether oxygens (including phenoxy) is 1. The Kier molecular flexibility index (Phi) is 5.71. The summed E-state index contributed by atoms with van der Waals surface area (Å²) in [5, 5.41) is 7.35. The summed E-state index contributed by atoms with van der Waals surface area (Å²) in [4.78, 5) is 2.36. The summed E-state index contributed by atoms with van der Waals surface area (Å²) in [6.45, 7) is 0. The van der Waals surface area contributed by atoms with Crippen molar-refractivity contribution in [1.82, 2.24) is 0 Å². The molecule has 0 aliphatic rings. The second-order valence-corrected chi connectivity index (χ2v) is 9.81. The smallest absolute Gasteiger partial charge is 0.119 e. The summed E-state index contributed by atoms with van der Waals surface area (Å²) in [5.41, 5.74) is 5.71. The zero-order chi connectivity index (χ0) is 26.2. The SMILES string of the molecule is COc1ccc(N(c2ccc3ccccc3c2)c2ccc3ccccc3c2-c2ccc3ccccc3c2)cc1. The Bertz CT molecular complexity index is 1960. The van der Waals surface area contributed by atoms with Crippen molar-refractivity contribution in [2.45, 2.75) is 0 Å². The lowest BCUT2D eigenvalue weighted by Crippen LogP contribution is -2.11. The molecule has 0 spiro atoms. The van der Waals surface area contributed by atoms with Gasteiger partial charge in [0.2, 0.25) is 0 Å². The van der Waals surface area contributed by atoms with E-state index in [0.29, 0.717) is 0 Å². The van der Waals surface area contributed by atoms with Crippen molar-refractivity contribution in [3.05, 3.63) is 146 Å². The number of hydrogen-bond acceptors (Lipinski definition) is 2. The highest BCUT2D eigenvalue weighted by Gasteiger charge is 2.20. The van der Waals surface area contributed by atoms with E-state index in [2.05, 4.69) is 138 Å². The maximum absolute atomic E-state index is 5.49. The van der Waals surface area contributed by atoms with Crippen molar-refractivity contribution < 1.29 is 4.74 Å². The van der Waals surface area contributed by atoms with Crippen LogP contribution in [0.1, 0.15) is 0 Å². The first-order valence-corrected chi connectivity index (χ1v) is 13.2. The molecule has 0 saturated carbocycles. The van der Waals surface area contributed by atoms with Gasteiger partial charge < -0.3 is 9.64 Å². The summed E-state index contributed by atoms with van der Waals surface area (Å²) in [7, 11) is 1.71. The van der Waals surface area contributed by atoms with Gasteiger partial charge in [-0.3, -0.25) is 0 Å². The van der Waals surface area contributed by atoms with E-state index in [4.69, 9.17) is 4.74 Å². The normalized spacial score (nSPS) is 11.2. The molecule has 2 heteroatoms. The lowest BCUT2D eigenvalue weighted by Gasteiger charge is -2.29. The quantitative estimate of drug-likeness (QED) is 0.233. The lowest BCUT2D eigenvalue weighted by atomic mass is 9.93. The summed E-state index contributed by atoms with van der Waals surface area (Å²) >= 11 is 0. The van der Waals surface area contributed by atoms with Gasteiger partial charge in [-0.25, -0.2) is 0 Å². The fraction of sp³-hybridized carbons (Fsp3) is 0.0270. The fourth-order valence-corrected chi connectivity index (χ4v) is 5.57. The molecule has 0 aliphatic carbocycles. The van der Waals surface area contributed by atoms with Crippen molar-refractivity contribution >= 4 is 49.4 Å². The minimum Gasteiger partial charge on any atom is -0.497 e. The number of rotatable bonds is 5. The van der Waals surface area contributed by atoms with Crippen LogP contribution in [0.5, 0.6) is 5.75 Å². The van der Waals surface area contributed by atoms with Gasteiger partial charge in [-0.1, -0.05) is 97.1 Å². The van der Waals surface area contributed by atoms with Gasteiger partial charge in [-0.05, 0) is 86.4 Å². The molecule has 0 amide bonds. The highest BCUT2D eigenvalue weighted by Crippen LogP contribution is 2.45. The number of hydrogen-bond donors (Lipinski definition) is 0. The van der Waals surface area contributed by atoms with Gasteiger partial charge >= 0.3 is 0 Å². The highest BCUT2D eigenvalue weighted by atomic mass is 16.5. The Labute approximate surface area is 228 Å². The summed E-state index contributed by atoms with van der Waals surface area (Å²) in [6.07, 6.45) is 0. The van der Waals surface area contributed by atoms with Crippen molar-refractivity contribution in [3.63, 3.8) is 0 Å². The molecule has 0 atom stereocenters. The molecule has 7 aromatic rings. The number of fused-ring (bicyclic) bond motifs is 3. The van der Waals surface area contributed by atoms with E-state index in [0.717, 1.165) is 22.8 Å². The van der Waals surface area contributed by atoms with Crippen molar-refractivity contribution in [2.24, 2.45) is 0 Å². The molecule has 0 saturated heterocycles. The van der Waals surface area contributed by atoms with Crippen molar-refractivity contribution in [1.29, 1.82) is 0 Å².